The highest BCUT2D eigenvalue weighted by Crippen LogP contribution is 2.34. The minimum Gasteiger partial charge on any atom is -0.322 e. The number of nitrogens with one attached hydrogen (secondary N) is 4. The van der Waals surface area contributed by atoms with Crippen LogP contribution in [-0.2, 0) is 13.1 Å². The molecule has 2 amide bonds. The van der Waals surface area contributed by atoms with Gasteiger partial charge in [-0.2, -0.15) is 0 Å². The van der Waals surface area contributed by atoms with Crippen molar-refractivity contribution in [2.75, 3.05) is 23.7 Å². The fourth-order valence-electron chi connectivity index (χ4n) is 3.45. The number of amides is 2. The van der Waals surface area contributed by atoms with Gasteiger partial charge in [0.05, 0.1) is 16.3 Å². The summed E-state index contributed by atoms with van der Waals surface area (Å²) in [6.07, 6.45) is 2.00. The molecule has 4 N–H and O–H groups in total. The number of hydrogen-bond acceptors (Lipinski definition) is 5. The highest BCUT2D eigenvalue weighted by Gasteiger charge is 2.23. The lowest BCUT2D eigenvalue weighted by atomic mass is 10.1. The number of benzene rings is 2. The predicted octanol–water partition coefficient (Wildman–Crippen LogP) is 7.21. The van der Waals surface area contributed by atoms with Crippen LogP contribution in [-0.4, -0.2) is 24.9 Å². The van der Waals surface area contributed by atoms with Crippen LogP contribution in [0.4, 0.5) is 11.4 Å². The summed E-state index contributed by atoms with van der Waals surface area (Å²) in [7, 11) is 0. The van der Waals surface area contributed by atoms with Crippen molar-refractivity contribution >= 4 is 69.3 Å². The van der Waals surface area contributed by atoms with Crippen LogP contribution in [0.5, 0.6) is 0 Å². The molecule has 0 aliphatic rings. The first-order valence-corrected chi connectivity index (χ1v) is 13.7. The van der Waals surface area contributed by atoms with Crippen LogP contribution in [0.1, 0.15) is 57.2 Å². The number of rotatable bonds is 12. The fraction of sp³-hybridized carbons (Fsp3) is 0.308. The van der Waals surface area contributed by atoms with Gasteiger partial charge in [0.2, 0.25) is 0 Å². The Kier molecular flexibility index (Phi) is 11.0. The molecule has 3 rings (SSSR count). The van der Waals surface area contributed by atoms with Crippen molar-refractivity contribution in [1.82, 2.24) is 10.6 Å². The van der Waals surface area contributed by atoms with Gasteiger partial charge in [-0.3, -0.25) is 9.59 Å². The summed E-state index contributed by atoms with van der Waals surface area (Å²) >= 11 is 20.2. The average Bonchev–Trinajstić information content (AvgIpc) is 3.17. The number of hydrogen-bond donors (Lipinski definition) is 4. The molecule has 0 aliphatic heterocycles. The molecule has 1 heterocycles. The summed E-state index contributed by atoms with van der Waals surface area (Å²) in [6, 6.07) is 11.5. The SMILES string of the molecule is CCCNCc1sc(C(=O)Nc2ccc(Cl)cc2C(=O)Nc2ccc(Cl)cc2)c(Cl)c1CNCCC. The maximum atomic E-state index is 13.3. The van der Waals surface area contributed by atoms with Crippen LogP contribution < -0.4 is 21.3 Å². The minimum absolute atomic E-state index is 0.230. The molecule has 6 nitrogen and oxygen atoms in total. The van der Waals surface area contributed by atoms with E-state index in [0.717, 1.165) is 36.4 Å². The van der Waals surface area contributed by atoms with Crippen LogP contribution in [0.3, 0.4) is 0 Å². The van der Waals surface area contributed by atoms with Gasteiger partial charge in [-0.1, -0.05) is 48.7 Å². The number of anilines is 2. The van der Waals surface area contributed by atoms with E-state index >= 15 is 0 Å². The van der Waals surface area contributed by atoms with Crippen LogP contribution in [0.15, 0.2) is 42.5 Å². The van der Waals surface area contributed by atoms with Gasteiger partial charge in [-0.15, -0.1) is 11.3 Å². The van der Waals surface area contributed by atoms with E-state index < -0.39 is 5.91 Å². The molecule has 3 aromatic rings. The number of carbonyl (C=O) groups is 2. The molecule has 0 atom stereocenters. The smallest absolute Gasteiger partial charge is 0.267 e. The van der Waals surface area contributed by atoms with Crippen LogP contribution >= 0.6 is 46.1 Å². The van der Waals surface area contributed by atoms with Crippen molar-refractivity contribution in [1.29, 1.82) is 0 Å². The zero-order chi connectivity index (χ0) is 26.1. The second-order valence-electron chi connectivity index (χ2n) is 8.11. The Labute approximate surface area is 230 Å². The normalized spacial score (nSPS) is 10.9. The zero-order valence-electron chi connectivity index (χ0n) is 20.1. The van der Waals surface area contributed by atoms with Crippen molar-refractivity contribution in [2.45, 2.75) is 39.8 Å². The third-order valence-corrected chi connectivity index (χ3v) is 7.50. The molecule has 36 heavy (non-hydrogen) atoms. The van der Waals surface area contributed by atoms with Gasteiger partial charge in [-0.25, -0.2) is 0 Å². The molecule has 0 radical (unpaired) electrons. The molecule has 0 unspecified atom stereocenters. The Bertz CT molecular complexity index is 1200. The molecule has 192 valence electrons. The molecule has 0 saturated carbocycles. The first-order valence-electron chi connectivity index (χ1n) is 11.7. The van der Waals surface area contributed by atoms with Crippen molar-refractivity contribution in [3.8, 4) is 0 Å². The molecule has 0 fully saturated rings. The fourth-order valence-corrected chi connectivity index (χ4v) is 5.26. The van der Waals surface area contributed by atoms with E-state index in [4.69, 9.17) is 34.8 Å². The number of halogens is 3. The number of carbonyl (C=O) groups excluding carboxylic acids is 2. The van der Waals surface area contributed by atoms with Crippen LogP contribution in [0, 0.1) is 0 Å². The second-order valence-corrected chi connectivity index (χ2v) is 10.5. The highest BCUT2D eigenvalue weighted by molar-refractivity contribution is 7.15. The third kappa shape index (κ3) is 7.68. The molecule has 0 bridgehead atoms. The van der Waals surface area contributed by atoms with Gasteiger partial charge >= 0.3 is 0 Å². The first-order chi connectivity index (χ1) is 17.3. The summed E-state index contributed by atoms with van der Waals surface area (Å²) in [5.74, 6) is -0.798. The van der Waals surface area contributed by atoms with Gasteiger partial charge in [0, 0.05) is 39.3 Å². The van der Waals surface area contributed by atoms with Crippen LogP contribution in [0.25, 0.3) is 0 Å². The zero-order valence-corrected chi connectivity index (χ0v) is 23.2. The van der Waals surface area contributed by atoms with E-state index in [2.05, 4.69) is 35.1 Å². The Morgan fingerprint density at radius 1 is 0.806 bits per heavy atom. The topological polar surface area (TPSA) is 82.3 Å². The number of thiophene rings is 1. The van der Waals surface area contributed by atoms with Crippen molar-refractivity contribution in [2.24, 2.45) is 0 Å². The molecule has 1 aromatic heterocycles. The van der Waals surface area contributed by atoms with E-state index in [0.29, 0.717) is 44.4 Å². The lowest BCUT2D eigenvalue weighted by Gasteiger charge is -2.12. The van der Waals surface area contributed by atoms with Gasteiger partial charge < -0.3 is 21.3 Å². The molecular weight excluding hydrogens is 539 g/mol. The second kappa shape index (κ2) is 14.0. The third-order valence-electron chi connectivity index (χ3n) is 5.25. The van der Waals surface area contributed by atoms with E-state index in [9.17, 15) is 9.59 Å². The lowest BCUT2D eigenvalue weighted by molar-refractivity contribution is 0.102. The first kappa shape index (κ1) is 28.4. The van der Waals surface area contributed by atoms with Crippen molar-refractivity contribution in [3.63, 3.8) is 0 Å². The molecule has 10 heteroatoms. The highest BCUT2D eigenvalue weighted by atomic mass is 35.5. The predicted molar refractivity (Wildman–Crippen MR) is 152 cm³/mol. The monoisotopic (exact) mass is 566 g/mol. The summed E-state index contributed by atoms with van der Waals surface area (Å²) in [6.45, 7) is 7.13. The molecule has 0 aliphatic carbocycles. The van der Waals surface area contributed by atoms with Crippen molar-refractivity contribution < 1.29 is 9.59 Å². The van der Waals surface area contributed by atoms with Crippen LogP contribution in [0.2, 0.25) is 15.1 Å². The Hall–Kier alpha value is -2.13. The van der Waals surface area contributed by atoms with Gasteiger partial charge in [0.25, 0.3) is 11.8 Å². The maximum Gasteiger partial charge on any atom is 0.267 e. The van der Waals surface area contributed by atoms with Gasteiger partial charge in [0.15, 0.2) is 0 Å². The Balaban J connectivity index is 1.84. The molecule has 2 aromatic carbocycles. The summed E-state index contributed by atoms with van der Waals surface area (Å²) in [4.78, 5) is 27.7. The van der Waals surface area contributed by atoms with E-state index in [1.54, 1.807) is 36.4 Å². The van der Waals surface area contributed by atoms with E-state index in [1.807, 2.05) is 0 Å². The largest absolute Gasteiger partial charge is 0.322 e. The standard InChI is InChI=1S/C26H29Cl3N4O2S/c1-3-11-30-14-20-22(15-31-12-4-2)36-24(23(20)29)26(35)33-21-10-7-17(28)13-19(21)25(34)32-18-8-5-16(27)6-9-18/h5-10,13,30-31H,3-4,11-12,14-15H2,1-2H3,(H,32,34)(H,33,35). The summed E-state index contributed by atoms with van der Waals surface area (Å²) < 4.78 is 0. The Morgan fingerprint density at radius 2 is 1.44 bits per heavy atom. The molecular formula is C26H29Cl3N4O2S. The molecule has 0 saturated heterocycles. The molecule has 0 spiro atoms. The van der Waals surface area contributed by atoms with Gasteiger partial charge in [0.1, 0.15) is 4.88 Å². The quantitative estimate of drug-likeness (QED) is 0.174. The van der Waals surface area contributed by atoms with Crippen molar-refractivity contribution in [3.05, 3.63) is 78.4 Å². The lowest BCUT2D eigenvalue weighted by Crippen LogP contribution is -2.18. The minimum atomic E-state index is -0.415. The summed E-state index contributed by atoms with van der Waals surface area (Å²) in [5.41, 5.74) is 2.04. The Morgan fingerprint density at radius 3 is 2.11 bits per heavy atom. The summed E-state index contributed by atoms with van der Waals surface area (Å²) in [5, 5.41) is 13.8. The van der Waals surface area contributed by atoms with E-state index in [1.165, 1.54) is 17.4 Å². The average molecular weight is 568 g/mol. The maximum absolute atomic E-state index is 13.3. The van der Waals surface area contributed by atoms with Gasteiger partial charge in [-0.05, 0) is 68.4 Å². The van der Waals surface area contributed by atoms with E-state index in [-0.39, 0.29) is 11.5 Å².